The van der Waals surface area contributed by atoms with Crippen molar-refractivity contribution in [3.63, 3.8) is 0 Å². The van der Waals surface area contributed by atoms with Crippen molar-refractivity contribution in [1.82, 2.24) is 14.9 Å². The van der Waals surface area contributed by atoms with E-state index in [4.69, 9.17) is 11.6 Å². The number of hydrogen-bond acceptors (Lipinski definition) is 4. The first-order valence-corrected chi connectivity index (χ1v) is 10.4. The molecule has 0 fully saturated rings. The number of hydrogen-bond donors (Lipinski definition) is 1. The maximum absolute atomic E-state index is 12.4. The van der Waals surface area contributed by atoms with Gasteiger partial charge in [0, 0.05) is 17.8 Å². The minimum Gasteiger partial charge on any atom is -0.350 e. The van der Waals surface area contributed by atoms with Gasteiger partial charge in [0.25, 0.3) is 0 Å². The number of aromatic nitrogens is 2. The second-order valence-corrected chi connectivity index (χ2v) is 8.59. The van der Waals surface area contributed by atoms with E-state index in [1.165, 1.54) is 0 Å². The predicted molar refractivity (Wildman–Crippen MR) is 102 cm³/mol. The lowest BCUT2D eigenvalue weighted by molar-refractivity contribution is -0.121. The van der Waals surface area contributed by atoms with E-state index in [1.807, 2.05) is 36.4 Å². The van der Waals surface area contributed by atoms with E-state index in [2.05, 4.69) is 10.3 Å². The van der Waals surface area contributed by atoms with Crippen molar-refractivity contribution < 1.29 is 13.2 Å². The van der Waals surface area contributed by atoms with E-state index in [-0.39, 0.29) is 18.2 Å². The summed E-state index contributed by atoms with van der Waals surface area (Å²) in [7, 11) is -3.28. The smallest absolute Gasteiger partial charge is 0.240 e. The molecule has 0 bridgehead atoms. The van der Waals surface area contributed by atoms with Gasteiger partial charge in [-0.05, 0) is 23.8 Å². The Labute approximate surface area is 156 Å². The fourth-order valence-corrected chi connectivity index (χ4v) is 3.57. The molecule has 0 spiro atoms. The highest BCUT2D eigenvalue weighted by atomic mass is 35.5. The number of fused-ring (bicyclic) bond motifs is 1. The number of amides is 1. The van der Waals surface area contributed by atoms with Crippen LogP contribution in [0.2, 0.25) is 5.02 Å². The zero-order chi connectivity index (χ0) is 18.7. The van der Waals surface area contributed by atoms with Gasteiger partial charge in [-0.25, -0.2) is 13.4 Å². The first-order valence-electron chi connectivity index (χ1n) is 7.95. The van der Waals surface area contributed by atoms with Gasteiger partial charge in [-0.1, -0.05) is 41.9 Å². The average Bonchev–Trinajstić information content (AvgIpc) is 2.90. The number of benzene rings is 2. The van der Waals surface area contributed by atoms with Crippen LogP contribution in [0.3, 0.4) is 0 Å². The van der Waals surface area contributed by atoms with E-state index >= 15 is 0 Å². The van der Waals surface area contributed by atoms with Gasteiger partial charge in [-0.2, -0.15) is 0 Å². The minimum atomic E-state index is -3.28. The van der Waals surface area contributed by atoms with Crippen LogP contribution in [-0.4, -0.2) is 30.1 Å². The lowest BCUT2D eigenvalue weighted by Gasteiger charge is -2.10. The Balaban J connectivity index is 1.81. The summed E-state index contributed by atoms with van der Waals surface area (Å²) >= 11 is 6.09. The van der Waals surface area contributed by atoms with Gasteiger partial charge >= 0.3 is 0 Å². The number of carbonyl (C=O) groups is 1. The monoisotopic (exact) mass is 391 g/mol. The van der Waals surface area contributed by atoms with Crippen molar-refractivity contribution in [3.05, 3.63) is 64.9 Å². The first kappa shape index (κ1) is 18.4. The third kappa shape index (κ3) is 4.42. The van der Waals surface area contributed by atoms with Crippen LogP contribution in [0.5, 0.6) is 0 Å². The van der Waals surface area contributed by atoms with Gasteiger partial charge in [-0.15, -0.1) is 0 Å². The summed E-state index contributed by atoms with van der Waals surface area (Å²) < 4.78 is 25.0. The third-order valence-corrected chi connectivity index (χ3v) is 5.01. The number of para-hydroxylation sites is 2. The predicted octanol–water partition coefficient (Wildman–Crippen LogP) is 2.55. The number of carbonyl (C=O) groups excluding carboxylic acids is 1. The SMILES string of the molecule is CS(=O)(=O)Cc1nc2ccccc2n1CC(=O)NCc1ccccc1Cl. The lowest BCUT2D eigenvalue weighted by Crippen LogP contribution is -2.28. The molecule has 0 aliphatic carbocycles. The van der Waals surface area contributed by atoms with Gasteiger partial charge < -0.3 is 9.88 Å². The highest BCUT2D eigenvalue weighted by molar-refractivity contribution is 7.89. The molecule has 26 heavy (non-hydrogen) atoms. The molecule has 1 N–H and O–H groups in total. The minimum absolute atomic E-state index is 0.0180. The second-order valence-electron chi connectivity index (χ2n) is 6.04. The summed E-state index contributed by atoms with van der Waals surface area (Å²) in [5, 5.41) is 3.39. The zero-order valence-electron chi connectivity index (χ0n) is 14.1. The van der Waals surface area contributed by atoms with Crippen LogP contribution in [0.25, 0.3) is 11.0 Å². The first-order chi connectivity index (χ1) is 12.3. The summed E-state index contributed by atoms with van der Waals surface area (Å²) in [5.74, 6) is -0.121. The summed E-state index contributed by atoms with van der Waals surface area (Å²) in [4.78, 5) is 16.8. The molecule has 3 aromatic rings. The summed E-state index contributed by atoms with van der Waals surface area (Å²) in [6, 6.07) is 14.5. The maximum atomic E-state index is 12.4. The molecule has 8 heteroatoms. The van der Waals surface area contributed by atoms with Crippen molar-refractivity contribution in [2.24, 2.45) is 0 Å². The molecule has 1 aromatic heterocycles. The van der Waals surface area contributed by atoms with Crippen LogP contribution in [0.4, 0.5) is 0 Å². The molecule has 0 aliphatic rings. The highest BCUT2D eigenvalue weighted by Crippen LogP contribution is 2.18. The van der Waals surface area contributed by atoms with Crippen molar-refractivity contribution in [2.75, 3.05) is 6.26 Å². The number of nitrogens with zero attached hydrogens (tertiary/aromatic N) is 2. The van der Waals surface area contributed by atoms with Gasteiger partial charge in [-0.3, -0.25) is 4.79 Å². The Morgan fingerprint density at radius 1 is 1.15 bits per heavy atom. The van der Waals surface area contributed by atoms with E-state index in [0.29, 0.717) is 22.9 Å². The molecule has 1 amide bonds. The molecule has 0 aliphatic heterocycles. The van der Waals surface area contributed by atoms with Crippen molar-refractivity contribution >= 4 is 38.4 Å². The fraction of sp³-hybridized carbons (Fsp3) is 0.222. The molecule has 0 radical (unpaired) electrons. The Morgan fingerprint density at radius 2 is 1.85 bits per heavy atom. The largest absolute Gasteiger partial charge is 0.350 e. The number of imidazole rings is 1. The number of rotatable bonds is 6. The molecule has 0 saturated heterocycles. The van der Waals surface area contributed by atoms with Gasteiger partial charge in [0.2, 0.25) is 5.91 Å². The lowest BCUT2D eigenvalue weighted by atomic mass is 10.2. The van der Waals surface area contributed by atoms with E-state index in [1.54, 1.807) is 16.7 Å². The molecule has 1 heterocycles. The van der Waals surface area contributed by atoms with Crippen molar-refractivity contribution in [1.29, 1.82) is 0 Å². The standard InChI is InChI=1S/C18H18ClN3O3S/c1-26(24,25)12-17-21-15-8-4-5-9-16(15)22(17)11-18(23)20-10-13-6-2-3-7-14(13)19/h2-9H,10-12H2,1H3,(H,20,23). The molecule has 6 nitrogen and oxygen atoms in total. The van der Waals surface area contributed by atoms with Gasteiger partial charge in [0.1, 0.15) is 18.1 Å². The molecule has 0 atom stereocenters. The average molecular weight is 392 g/mol. The second kappa shape index (κ2) is 7.47. The zero-order valence-corrected chi connectivity index (χ0v) is 15.7. The molecule has 0 saturated carbocycles. The van der Waals surface area contributed by atoms with Crippen LogP contribution < -0.4 is 5.32 Å². The normalized spacial score (nSPS) is 11.6. The van der Waals surface area contributed by atoms with E-state index in [0.717, 1.165) is 17.3 Å². The number of sulfone groups is 1. The Bertz CT molecular complexity index is 1060. The summed E-state index contributed by atoms with van der Waals surface area (Å²) in [5.41, 5.74) is 2.19. The Morgan fingerprint density at radius 3 is 2.58 bits per heavy atom. The molecule has 2 aromatic carbocycles. The van der Waals surface area contributed by atoms with Gasteiger partial charge in [0.15, 0.2) is 9.84 Å². The Kier molecular flexibility index (Phi) is 5.29. The number of halogens is 1. The molecular formula is C18H18ClN3O3S. The van der Waals surface area contributed by atoms with Gasteiger partial charge in [0.05, 0.1) is 11.0 Å². The van der Waals surface area contributed by atoms with Crippen LogP contribution >= 0.6 is 11.6 Å². The van der Waals surface area contributed by atoms with Crippen molar-refractivity contribution in [3.8, 4) is 0 Å². The molecular weight excluding hydrogens is 374 g/mol. The quantitative estimate of drug-likeness (QED) is 0.700. The maximum Gasteiger partial charge on any atom is 0.240 e. The van der Waals surface area contributed by atoms with E-state index in [9.17, 15) is 13.2 Å². The van der Waals surface area contributed by atoms with Crippen LogP contribution in [0, 0.1) is 0 Å². The molecule has 0 unspecified atom stereocenters. The van der Waals surface area contributed by atoms with Crippen LogP contribution in [-0.2, 0) is 33.5 Å². The topological polar surface area (TPSA) is 81.1 Å². The van der Waals surface area contributed by atoms with Crippen LogP contribution in [0.1, 0.15) is 11.4 Å². The molecule has 136 valence electrons. The van der Waals surface area contributed by atoms with Crippen molar-refractivity contribution in [2.45, 2.75) is 18.8 Å². The Hall–Kier alpha value is -2.38. The summed E-state index contributed by atoms with van der Waals surface area (Å²) in [6.45, 7) is 0.280. The molecule has 3 rings (SSSR count). The third-order valence-electron chi connectivity index (χ3n) is 3.86. The van der Waals surface area contributed by atoms with E-state index < -0.39 is 9.84 Å². The summed E-state index contributed by atoms with van der Waals surface area (Å²) in [6.07, 6.45) is 1.15. The van der Waals surface area contributed by atoms with Crippen LogP contribution in [0.15, 0.2) is 48.5 Å². The fourth-order valence-electron chi connectivity index (χ4n) is 2.68. The number of nitrogens with one attached hydrogen (secondary N) is 1. The highest BCUT2D eigenvalue weighted by Gasteiger charge is 2.17.